The smallest absolute Gasteiger partial charge is 0.336 e. The first-order valence-corrected chi connectivity index (χ1v) is 21.4. The lowest BCUT2D eigenvalue weighted by molar-refractivity contribution is -0.199. The van der Waals surface area contributed by atoms with Crippen molar-refractivity contribution in [1.29, 1.82) is 0 Å². The molecule has 59 heavy (non-hydrogen) atoms. The second kappa shape index (κ2) is 16.2. The summed E-state index contributed by atoms with van der Waals surface area (Å²) in [4.78, 5) is 42.1. The zero-order chi connectivity index (χ0) is 40.7. The molecule has 302 valence electrons. The first-order valence-electron chi connectivity index (χ1n) is 21.4. The maximum Gasteiger partial charge on any atom is 0.336 e. The van der Waals surface area contributed by atoms with Crippen LogP contribution in [-0.2, 0) is 31.9 Å². The normalized spacial score (nSPS) is 26.0. The topological polar surface area (TPSA) is 92.0 Å². The lowest BCUT2D eigenvalue weighted by atomic mass is 9.72. The van der Waals surface area contributed by atoms with Crippen molar-refractivity contribution in [3.05, 3.63) is 170 Å². The van der Waals surface area contributed by atoms with Crippen LogP contribution < -0.4 is 10.4 Å². The molecule has 3 aliphatic heterocycles. The molecule has 10 rings (SSSR count). The molecule has 4 aromatic carbocycles. The molecule has 1 saturated carbocycles. The highest BCUT2D eigenvalue weighted by atomic mass is 16.6. The van der Waals surface area contributed by atoms with Gasteiger partial charge in [0.1, 0.15) is 16.9 Å². The van der Waals surface area contributed by atoms with E-state index in [4.69, 9.17) is 18.6 Å². The first kappa shape index (κ1) is 38.8. The quantitative estimate of drug-likeness (QED) is 0.0775. The van der Waals surface area contributed by atoms with Gasteiger partial charge in [0.25, 0.3) is 0 Å². The Balaban J connectivity index is 1.13. The van der Waals surface area contributed by atoms with Crippen LogP contribution in [0.4, 0.5) is 0 Å². The van der Waals surface area contributed by atoms with Gasteiger partial charge in [-0.25, -0.2) is 9.59 Å². The number of ether oxygens (including phenoxy) is 3. The molecule has 0 radical (unpaired) electrons. The average molecular weight is 789 g/mol. The Bertz CT molecular complexity index is 2480. The number of rotatable bonds is 4. The summed E-state index contributed by atoms with van der Waals surface area (Å²) in [7, 11) is 0. The van der Waals surface area contributed by atoms with Gasteiger partial charge in [0.15, 0.2) is 12.2 Å². The third kappa shape index (κ3) is 7.80. The van der Waals surface area contributed by atoms with Gasteiger partial charge >= 0.3 is 17.6 Å². The molecular formula is C52H52O7. The largest absolute Gasteiger partial charge is 0.483 e. The summed E-state index contributed by atoms with van der Waals surface area (Å²) < 4.78 is 26.3. The van der Waals surface area contributed by atoms with Crippen LogP contribution in [0.3, 0.4) is 0 Å². The molecule has 0 amide bonds. The van der Waals surface area contributed by atoms with Gasteiger partial charge in [0, 0.05) is 41.2 Å². The minimum Gasteiger partial charge on any atom is -0.483 e. The van der Waals surface area contributed by atoms with E-state index in [1.54, 1.807) is 6.07 Å². The van der Waals surface area contributed by atoms with E-state index in [-0.39, 0.29) is 35.7 Å². The predicted octanol–water partition coefficient (Wildman–Crippen LogP) is 11.0. The van der Waals surface area contributed by atoms with E-state index in [1.165, 1.54) is 22.8 Å². The van der Waals surface area contributed by atoms with E-state index in [9.17, 15) is 14.4 Å². The van der Waals surface area contributed by atoms with Crippen molar-refractivity contribution in [3.8, 4) is 5.75 Å². The lowest BCUT2D eigenvalue weighted by Gasteiger charge is -2.48. The average Bonchev–Trinajstić information content (AvgIpc) is 3.79. The number of esters is 2. The maximum atomic E-state index is 14.8. The van der Waals surface area contributed by atoms with Gasteiger partial charge in [0.05, 0.1) is 5.56 Å². The van der Waals surface area contributed by atoms with Crippen LogP contribution in [0.2, 0.25) is 0 Å². The van der Waals surface area contributed by atoms with Crippen LogP contribution in [0, 0.1) is 11.8 Å². The number of carbonyl (C=O) groups is 2. The van der Waals surface area contributed by atoms with Crippen LogP contribution in [0.25, 0.3) is 11.0 Å². The SMILES string of the molecule is CC(C)=C1CCc2ccc(cc2)[C@H]2C=C[C@@H](c3cccc(Cc4ccccc4)c3)C[C@H]2CC(=O)O[C@H]2c3c(ccc4ccc(=O)oc34)O[C@@](C)(C3CCCC3)[C@H]2OC1=O. The molecule has 6 atom stereocenters. The van der Waals surface area contributed by atoms with Crippen molar-refractivity contribution in [2.24, 2.45) is 11.8 Å². The summed E-state index contributed by atoms with van der Waals surface area (Å²) in [6, 6.07) is 34.7. The number of benzene rings is 4. The number of carbonyl (C=O) groups excluding carboxylic acids is 2. The Kier molecular flexibility index (Phi) is 10.6. The first-order chi connectivity index (χ1) is 28.6. The van der Waals surface area contributed by atoms with Gasteiger partial charge < -0.3 is 18.6 Å². The van der Waals surface area contributed by atoms with Crippen LogP contribution in [-0.4, -0.2) is 23.6 Å². The fourth-order valence-electron chi connectivity index (χ4n) is 10.2. The zero-order valence-corrected chi connectivity index (χ0v) is 34.2. The van der Waals surface area contributed by atoms with E-state index in [1.807, 2.05) is 39.0 Å². The van der Waals surface area contributed by atoms with Crippen molar-refractivity contribution in [2.75, 3.05) is 0 Å². The molecule has 7 nitrogen and oxygen atoms in total. The van der Waals surface area contributed by atoms with E-state index in [0.29, 0.717) is 35.1 Å². The van der Waals surface area contributed by atoms with Gasteiger partial charge in [-0.1, -0.05) is 109 Å². The molecule has 1 aromatic heterocycles. The summed E-state index contributed by atoms with van der Waals surface area (Å²) >= 11 is 0. The van der Waals surface area contributed by atoms with Gasteiger partial charge in [-0.05, 0) is 111 Å². The molecule has 2 aliphatic carbocycles. The fourth-order valence-corrected chi connectivity index (χ4v) is 10.2. The van der Waals surface area contributed by atoms with E-state index in [2.05, 4.69) is 84.9 Å². The second-order valence-electron chi connectivity index (χ2n) is 17.5. The van der Waals surface area contributed by atoms with Crippen molar-refractivity contribution in [2.45, 2.75) is 108 Å². The molecule has 1 fully saturated rings. The van der Waals surface area contributed by atoms with Crippen molar-refractivity contribution < 1.29 is 28.2 Å². The van der Waals surface area contributed by atoms with Crippen LogP contribution in [0.5, 0.6) is 5.75 Å². The van der Waals surface area contributed by atoms with Gasteiger partial charge in [0.2, 0.25) is 0 Å². The molecule has 5 aromatic rings. The number of aryl methyl sites for hydroxylation is 1. The van der Waals surface area contributed by atoms with E-state index < -0.39 is 35.4 Å². The molecule has 5 aliphatic rings. The molecule has 2 bridgehead atoms. The molecule has 0 saturated heterocycles. The highest BCUT2D eigenvalue weighted by Gasteiger charge is 2.57. The standard InChI is InChI=1S/C52H52O7/c1-32(2)42-24-18-33-16-19-36(20-17-33)43-25-21-39(38-13-9-12-35(29-38)28-34-10-5-4-6-11-34)30-40(43)31-46(54)57-49-47-44(26-22-37-23-27-45(53)56-48(37)47)59-52(3,41-14-7-8-15-41)50(49)58-51(42)55/h4-6,9-13,16-17,19-23,25-27,29,39-41,43,49-50H,7-8,14-15,18,24,28,30-31H2,1-3H3/t39-,40+,43-,49+,50+,52+/m1/s1. The van der Waals surface area contributed by atoms with Gasteiger partial charge in [-0.15, -0.1) is 0 Å². The Morgan fingerprint density at radius 3 is 2.31 bits per heavy atom. The van der Waals surface area contributed by atoms with Crippen LogP contribution in [0.1, 0.15) is 117 Å². The van der Waals surface area contributed by atoms with Crippen molar-refractivity contribution >= 4 is 22.9 Å². The Morgan fingerprint density at radius 1 is 0.763 bits per heavy atom. The van der Waals surface area contributed by atoms with Gasteiger partial charge in [-0.2, -0.15) is 0 Å². The Labute approximate surface area is 346 Å². The highest BCUT2D eigenvalue weighted by molar-refractivity contribution is 5.90. The summed E-state index contributed by atoms with van der Waals surface area (Å²) in [5.41, 5.74) is 6.59. The van der Waals surface area contributed by atoms with Crippen LogP contribution in [0.15, 0.2) is 136 Å². The zero-order valence-electron chi connectivity index (χ0n) is 34.2. The molecular weight excluding hydrogens is 737 g/mol. The Morgan fingerprint density at radius 2 is 1.53 bits per heavy atom. The van der Waals surface area contributed by atoms with E-state index in [0.717, 1.165) is 55.2 Å². The number of hydrogen-bond donors (Lipinski definition) is 0. The second-order valence-corrected chi connectivity index (χ2v) is 17.5. The third-order valence-electron chi connectivity index (χ3n) is 13.5. The van der Waals surface area contributed by atoms with Gasteiger partial charge in [-0.3, -0.25) is 4.79 Å². The van der Waals surface area contributed by atoms with Crippen molar-refractivity contribution in [3.63, 3.8) is 0 Å². The molecule has 4 heterocycles. The third-order valence-corrected chi connectivity index (χ3v) is 13.5. The predicted molar refractivity (Wildman–Crippen MR) is 228 cm³/mol. The minimum absolute atomic E-state index is 0.0141. The van der Waals surface area contributed by atoms with E-state index >= 15 is 0 Å². The molecule has 0 unspecified atom stereocenters. The molecule has 7 heteroatoms. The summed E-state index contributed by atoms with van der Waals surface area (Å²) in [5.74, 6) is -0.338. The summed E-state index contributed by atoms with van der Waals surface area (Å²) in [5, 5.41) is 0.660. The fraction of sp³-hybridized carbons (Fsp3) is 0.365. The number of hydrogen-bond acceptors (Lipinski definition) is 7. The summed E-state index contributed by atoms with van der Waals surface area (Å²) in [6.07, 6.45) is 9.22. The Hall–Kier alpha value is -5.69. The minimum atomic E-state index is -1.08. The summed E-state index contributed by atoms with van der Waals surface area (Å²) in [6.45, 7) is 5.86. The monoisotopic (exact) mass is 788 g/mol. The molecule has 0 N–H and O–H groups in total. The lowest BCUT2D eigenvalue weighted by Crippen LogP contribution is -2.58. The van der Waals surface area contributed by atoms with Crippen LogP contribution >= 0.6 is 0 Å². The maximum absolute atomic E-state index is 14.8. The van der Waals surface area contributed by atoms with Crippen molar-refractivity contribution in [1.82, 2.24) is 0 Å². The highest BCUT2D eigenvalue weighted by Crippen LogP contribution is 2.52. The molecule has 0 spiro atoms. The number of fused-ring (bicyclic) bond motifs is 11. The number of allylic oxidation sites excluding steroid dienone is 3.